The lowest BCUT2D eigenvalue weighted by atomic mass is 10.4. The molecule has 71 valence electrons. The number of rotatable bonds is 4. The molecule has 1 rings (SSSR count). The molecule has 0 aliphatic rings. The SMILES string of the molecule is CN(C)CCN(C)c1[c]cccn1. The number of likely N-dealkylation sites (N-methyl/N-ethyl adjacent to an activating group) is 2. The first-order valence-corrected chi connectivity index (χ1v) is 4.38. The molecule has 0 amide bonds. The molecule has 3 heteroatoms. The van der Waals surface area contributed by atoms with Crippen LogP contribution in [0.15, 0.2) is 18.3 Å². The standard InChI is InChI=1S/C10H16N3/c1-12(2)8-9-13(3)10-6-4-5-7-11-10/h4-5,7H,8-9H2,1-3H3. The number of hydrogen-bond acceptors (Lipinski definition) is 3. The van der Waals surface area contributed by atoms with Gasteiger partial charge in [0.1, 0.15) is 5.82 Å². The summed E-state index contributed by atoms with van der Waals surface area (Å²) in [6.45, 7) is 2.00. The van der Waals surface area contributed by atoms with Gasteiger partial charge in [-0.2, -0.15) is 0 Å². The predicted molar refractivity (Wildman–Crippen MR) is 54.9 cm³/mol. The first-order valence-electron chi connectivity index (χ1n) is 4.38. The van der Waals surface area contributed by atoms with E-state index in [9.17, 15) is 0 Å². The number of aromatic nitrogens is 1. The Morgan fingerprint density at radius 1 is 1.31 bits per heavy atom. The van der Waals surface area contributed by atoms with Crippen molar-refractivity contribution in [3.8, 4) is 0 Å². The van der Waals surface area contributed by atoms with Gasteiger partial charge in [0.15, 0.2) is 0 Å². The van der Waals surface area contributed by atoms with Crippen LogP contribution in [0.4, 0.5) is 5.82 Å². The van der Waals surface area contributed by atoms with E-state index in [-0.39, 0.29) is 0 Å². The van der Waals surface area contributed by atoms with Crippen LogP contribution in [0.2, 0.25) is 0 Å². The minimum atomic E-state index is 0.907. The van der Waals surface area contributed by atoms with Crippen LogP contribution in [-0.4, -0.2) is 44.1 Å². The van der Waals surface area contributed by atoms with E-state index in [0.717, 1.165) is 18.9 Å². The highest BCUT2D eigenvalue weighted by Gasteiger charge is 2.00. The zero-order chi connectivity index (χ0) is 9.68. The average Bonchev–Trinajstić information content (AvgIpc) is 2.15. The molecule has 0 unspecified atom stereocenters. The molecule has 0 bridgehead atoms. The summed E-state index contributed by atoms with van der Waals surface area (Å²) in [7, 11) is 6.16. The van der Waals surface area contributed by atoms with Crippen molar-refractivity contribution in [1.29, 1.82) is 0 Å². The maximum atomic E-state index is 4.21. The Hall–Kier alpha value is -1.09. The predicted octanol–water partition coefficient (Wildman–Crippen LogP) is 0.880. The fourth-order valence-electron chi connectivity index (χ4n) is 0.981. The Morgan fingerprint density at radius 3 is 2.62 bits per heavy atom. The van der Waals surface area contributed by atoms with E-state index in [1.54, 1.807) is 6.20 Å². The normalized spacial score (nSPS) is 10.5. The molecule has 3 nitrogen and oxygen atoms in total. The van der Waals surface area contributed by atoms with Gasteiger partial charge < -0.3 is 9.80 Å². The van der Waals surface area contributed by atoms with Gasteiger partial charge in [-0.05, 0) is 26.2 Å². The molecular weight excluding hydrogens is 162 g/mol. The molecule has 1 aromatic rings. The summed E-state index contributed by atoms with van der Waals surface area (Å²) in [6, 6.07) is 6.85. The lowest BCUT2D eigenvalue weighted by Crippen LogP contribution is -2.28. The summed E-state index contributed by atoms with van der Waals surface area (Å²) in [6.07, 6.45) is 1.79. The Morgan fingerprint density at radius 2 is 2.08 bits per heavy atom. The summed E-state index contributed by atoms with van der Waals surface area (Å²) < 4.78 is 0. The van der Waals surface area contributed by atoms with Gasteiger partial charge in [-0.25, -0.2) is 4.98 Å². The Bertz CT molecular complexity index is 233. The molecule has 0 aliphatic heterocycles. The Labute approximate surface area is 80.0 Å². The van der Waals surface area contributed by atoms with Crippen LogP contribution in [-0.2, 0) is 0 Å². The molecule has 0 atom stereocenters. The zero-order valence-electron chi connectivity index (χ0n) is 8.49. The lowest BCUT2D eigenvalue weighted by molar-refractivity contribution is 0.416. The van der Waals surface area contributed by atoms with Crippen LogP contribution in [0, 0.1) is 6.07 Å². The molecule has 1 radical (unpaired) electrons. The van der Waals surface area contributed by atoms with E-state index in [4.69, 9.17) is 0 Å². The molecule has 0 aliphatic carbocycles. The molecule has 1 aromatic heterocycles. The minimum absolute atomic E-state index is 0.907. The van der Waals surface area contributed by atoms with Crippen molar-refractivity contribution in [2.24, 2.45) is 0 Å². The maximum absolute atomic E-state index is 4.21. The van der Waals surface area contributed by atoms with E-state index < -0.39 is 0 Å². The molecule has 0 saturated carbocycles. The van der Waals surface area contributed by atoms with Crippen molar-refractivity contribution in [2.75, 3.05) is 39.1 Å². The highest BCUT2D eigenvalue weighted by molar-refractivity contribution is 5.34. The third kappa shape index (κ3) is 3.42. The highest BCUT2D eigenvalue weighted by Crippen LogP contribution is 2.04. The molecule has 13 heavy (non-hydrogen) atoms. The van der Waals surface area contributed by atoms with E-state index in [2.05, 4.69) is 34.9 Å². The van der Waals surface area contributed by atoms with Crippen LogP contribution in [0.3, 0.4) is 0 Å². The number of pyridine rings is 1. The zero-order valence-corrected chi connectivity index (χ0v) is 8.49. The second kappa shape index (κ2) is 4.82. The Balaban J connectivity index is 2.44. The van der Waals surface area contributed by atoms with E-state index >= 15 is 0 Å². The Kier molecular flexibility index (Phi) is 3.71. The number of hydrogen-bond donors (Lipinski definition) is 0. The smallest absolute Gasteiger partial charge is 0.136 e. The minimum Gasteiger partial charge on any atom is -0.358 e. The van der Waals surface area contributed by atoms with Gasteiger partial charge in [-0.3, -0.25) is 0 Å². The summed E-state index contributed by atoms with van der Waals surface area (Å²) in [5, 5.41) is 0. The fourth-order valence-corrected chi connectivity index (χ4v) is 0.981. The summed E-state index contributed by atoms with van der Waals surface area (Å²) in [5.41, 5.74) is 0. The van der Waals surface area contributed by atoms with Gasteiger partial charge in [0.25, 0.3) is 0 Å². The number of anilines is 1. The lowest BCUT2D eigenvalue weighted by Gasteiger charge is -2.19. The van der Waals surface area contributed by atoms with Crippen molar-refractivity contribution in [3.05, 3.63) is 24.4 Å². The van der Waals surface area contributed by atoms with E-state index in [0.29, 0.717) is 0 Å². The molecule has 0 N–H and O–H groups in total. The molecule has 0 fully saturated rings. The quantitative estimate of drug-likeness (QED) is 0.682. The van der Waals surface area contributed by atoms with E-state index in [1.165, 1.54) is 0 Å². The van der Waals surface area contributed by atoms with Gasteiger partial charge in [0.2, 0.25) is 0 Å². The second-order valence-corrected chi connectivity index (χ2v) is 3.33. The fraction of sp³-hybridized carbons (Fsp3) is 0.500. The first kappa shape index (κ1) is 9.99. The molecular formula is C10H16N3. The van der Waals surface area contributed by atoms with Gasteiger partial charge in [-0.1, -0.05) is 0 Å². The first-order chi connectivity index (χ1) is 6.20. The van der Waals surface area contributed by atoms with Crippen molar-refractivity contribution in [3.63, 3.8) is 0 Å². The van der Waals surface area contributed by atoms with Crippen molar-refractivity contribution in [1.82, 2.24) is 9.88 Å². The van der Waals surface area contributed by atoms with Gasteiger partial charge >= 0.3 is 0 Å². The average molecular weight is 178 g/mol. The van der Waals surface area contributed by atoms with Crippen molar-refractivity contribution >= 4 is 5.82 Å². The van der Waals surface area contributed by atoms with Crippen LogP contribution in [0.25, 0.3) is 0 Å². The molecule has 1 heterocycles. The number of nitrogens with zero attached hydrogens (tertiary/aromatic N) is 3. The molecule has 0 aromatic carbocycles. The van der Waals surface area contributed by atoms with Crippen LogP contribution < -0.4 is 4.90 Å². The van der Waals surface area contributed by atoms with E-state index in [1.807, 2.05) is 19.2 Å². The summed E-state index contributed by atoms with van der Waals surface area (Å²) in [5.74, 6) is 0.907. The van der Waals surface area contributed by atoms with Crippen LogP contribution in [0.5, 0.6) is 0 Å². The summed E-state index contributed by atoms with van der Waals surface area (Å²) >= 11 is 0. The largest absolute Gasteiger partial charge is 0.358 e. The molecule has 0 saturated heterocycles. The van der Waals surface area contributed by atoms with Crippen molar-refractivity contribution in [2.45, 2.75) is 0 Å². The molecule has 0 spiro atoms. The topological polar surface area (TPSA) is 19.4 Å². The second-order valence-electron chi connectivity index (χ2n) is 3.33. The van der Waals surface area contributed by atoms with Crippen LogP contribution >= 0.6 is 0 Å². The summed E-state index contributed by atoms with van der Waals surface area (Å²) in [4.78, 5) is 8.46. The van der Waals surface area contributed by atoms with Crippen LogP contribution in [0.1, 0.15) is 0 Å². The highest BCUT2D eigenvalue weighted by atomic mass is 15.2. The third-order valence-corrected chi connectivity index (χ3v) is 1.84. The van der Waals surface area contributed by atoms with Crippen molar-refractivity contribution < 1.29 is 0 Å². The third-order valence-electron chi connectivity index (χ3n) is 1.84. The monoisotopic (exact) mass is 178 g/mol. The van der Waals surface area contributed by atoms with Gasteiger partial charge in [0.05, 0.1) is 0 Å². The maximum Gasteiger partial charge on any atom is 0.136 e. The van der Waals surface area contributed by atoms with Gasteiger partial charge in [0, 0.05) is 32.4 Å². The van der Waals surface area contributed by atoms with Gasteiger partial charge in [-0.15, -0.1) is 0 Å².